The average Bonchev–Trinajstić information content (AvgIpc) is 3.43. The number of carbonyl (C=O) groups is 2. The summed E-state index contributed by atoms with van der Waals surface area (Å²) in [6, 6.07) is 5.80. The lowest BCUT2D eigenvalue weighted by molar-refractivity contribution is -0.160. The topological polar surface area (TPSA) is 113 Å². The third-order valence-corrected chi connectivity index (χ3v) is 5.89. The molecule has 1 heterocycles. The molecule has 0 radical (unpaired) electrons. The minimum Gasteiger partial charge on any atom is -0.479 e. The maximum atomic E-state index is 12.7. The van der Waals surface area contributed by atoms with E-state index in [1.807, 2.05) is 0 Å². The third-order valence-electron chi connectivity index (χ3n) is 4.47. The minimum atomic E-state index is -3.68. The van der Waals surface area contributed by atoms with Crippen molar-refractivity contribution in [2.24, 2.45) is 5.92 Å². The van der Waals surface area contributed by atoms with Crippen LogP contribution in [0.2, 0.25) is 0 Å². The molecule has 2 fully saturated rings. The molecule has 2 atom stereocenters. The maximum absolute atomic E-state index is 12.7. The summed E-state index contributed by atoms with van der Waals surface area (Å²) < 4.78 is 32.6. The fraction of sp³-hybridized carbons (Fsp3) is 0.529. The lowest BCUT2D eigenvalue weighted by atomic mass is 10.1. The van der Waals surface area contributed by atoms with Crippen LogP contribution in [0.5, 0.6) is 0 Å². The summed E-state index contributed by atoms with van der Waals surface area (Å²) in [5.41, 5.74) is 0.206. The molecule has 1 aromatic rings. The van der Waals surface area contributed by atoms with E-state index in [-0.39, 0.29) is 23.5 Å². The van der Waals surface area contributed by atoms with Gasteiger partial charge in [-0.25, -0.2) is 17.9 Å². The van der Waals surface area contributed by atoms with Crippen molar-refractivity contribution in [1.29, 1.82) is 0 Å². The minimum absolute atomic E-state index is 0.0279. The molecule has 3 rings (SSSR count). The van der Waals surface area contributed by atoms with Gasteiger partial charge in [0.15, 0.2) is 6.10 Å². The molecule has 2 N–H and O–H groups in total. The monoisotopic (exact) mass is 382 g/mol. The van der Waals surface area contributed by atoms with E-state index in [1.165, 1.54) is 29.2 Å². The highest BCUT2D eigenvalue weighted by molar-refractivity contribution is 7.89. The van der Waals surface area contributed by atoms with Crippen molar-refractivity contribution in [3.8, 4) is 0 Å². The van der Waals surface area contributed by atoms with E-state index in [0.717, 1.165) is 12.8 Å². The van der Waals surface area contributed by atoms with Crippen LogP contribution in [0.15, 0.2) is 29.2 Å². The molecule has 1 aliphatic carbocycles. The lowest BCUT2D eigenvalue weighted by Crippen LogP contribution is -2.51. The summed E-state index contributed by atoms with van der Waals surface area (Å²) in [6.07, 6.45) is 0.554. The number of sulfonamides is 1. The first kappa shape index (κ1) is 18.8. The Morgan fingerprint density at radius 3 is 2.69 bits per heavy atom. The Morgan fingerprint density at radius 2 is 2.04 bits per heavy atom. The molecule has 2 aliphatic rings. The first-order valence-electron chi connectivity index (χ1n) is 8.53. The van der Waals surface area contributed by atoms with Crippen LogP contribution in [-0.2, 0) is 19.6 Å². The number of ether oxygens (including phenoxy) is 1. The zero-order valence-corrected chi connectivity index (χ0v) is 15.2. The average molecular weight is 382 g/mol. The number of benzene rings is 1. The molecule has 0 aromatic heterocycles. The van der Waals surface area contributed by atoms with E-state index in [4.69, 9.17) is 9.84 Å². The highest BCUT2D eigenvalue weighted by Gasteiger charge is 2.33. The number of aliphatic carboxylic acids is 1. The highest BCUT2D eigenvalue weighted by Crippen LogP contribution is 2.28. The number of carbonyl (C=O) groups excluding carboxylic acids is 1. The Hall–Kier alpha value is -1.97. The molecule has 1 saturated heterocycles. The highest BCUT2D eigenvalue weighted by atomic mass is 32.2. The first-order valence-corrected chi connectivity index (χ1v) is 10.0. The van der Waals surface area contributed by atoms with Crippen molar-refractivity contribution >= 4 is 21.9 Å². The smallest absolute Gasteiger partial charge is 0.334 e. The number of rotatable bonds is 6. The molecule has 1 amide bonds. The normalized spacial score (nSPS) is 23.7. The van der Waals surface area contributed by atoms with Crippen molar-refractivity contribution in [2.45, 2.75) is 36.9 Å². The second-order valence-corrected chi connectivity index (χ2v) is 8.57. The fourth-order valence-corrected chi connectivity index (χ4v) is 4.03. The van der Waals surface area contributed by atoms with Crippen molar-refractivity contribution in [2.75, 3.05) is 19.6 Å². The Labute approximate surface area is 152 Å². The van der Waals surface area contributed by atoms with Crippen LogP contribution in [0.25, 0.3) is 0 Å². The van der Waals surface area contributed by atoms with Gasteiger partial charge in [0.05, 0.1) is 17.5 Å². The Balaban J connectivity index is 1.76. The maximum Gasteiger partial charge on any atom is 0.334 e. The molecule has 0 spiro atoms. The van der Waals surface area contributed by atoms with Crippen molar-refractivity contribution < 1.29 is 27.9 Å². The summed E-state index contributed by atoms with van der Waals surface area (Å²) in [7, 11) is -3.68. The van der Waals surface area contributed by atoms with E-state index < -0.39 is 34.1 Å². The van der Waals surface area contributed by atoms with E-state index in [9.17, 15) is 18.0 Å². The van der Waals surface area contributed by atoms with E-state index in [0.29, 0.717) is 12.5 Å². The van der Waals surface area contributed by atoms with Gasteiger partial charge in [0, 0.05) is 18.7 Å². The second kappa shape index (κ2) is 7.34. The molecule has 1 unspecified atom stereocenters. The Bertz CT molecular complexity index is 805. The van der Waals surface area contributed by atoms with E-state index in [2.05, 4.69) is 4.72 Å². The standard InChI is InChI=1S/C17H22N2O6S/c1-11-9-19(10-15(25-11)17(21)22)16(20)13-3-2-4-14(7-13)26(23,24)18-8-12-5-6-12/h2-4,7,11-12,15,18H,5-6,8-10H2,1H3,(H,21,22)/t11-,15?/m1/s1. The summed E-state index contributed by atoms with van der Waals surface area (Å²) in [5.74, 6) is -1.14. The number of morpholine rings is 1. The van der Waals surface area contributed by atoms with Gasteiger partial charge in [0.25, 0.3) is 5.91 Å². The molecule has 8 nitrogen and oxygen atoms in total. The predicted molar refractivity (Wildman–Crippen MR) is 92.2 cm³/mol. The van der Waals surface area contributed by atoms with Gasteiger partial charge in [-0.2, -0.15) is 0 Å². The number of hydrogen-bond acceptors (Lipinski definition) is 5. The van der Waals surface area contributed by atoms with Gasteiger partial charge in [-0.05, 0) is 43.9 Å². The number of amides is 1. The molecule has 26 heavy (non-hydrogen) atoms. The van der Waals surface area contributed by atoms with Crippen LogP contribution in [0.4, 0.5) is 0 Å². The van der Waals surface area contributed by atoms with Crippen molar-refractivity contribution in [1.82, 2.24) is 9.62 Å². The van der Waals surface area contributed by atoms with Crippen LogP contribution in [0.3, 0.4) is 0 Å². The SMILES string of the molecule is C[C@@H]1CN(C(=O)c2cccc(S(=O)(=O)NCC3CC3)c2)CC(C(=O)O)O1. The molecule has 9 heteroatoms. The van der Waals surface area contributed by atoms with Crippen molar-refractivity contribution in [3.05, 3.63) is 29.8 Å². The molecule has 1 aliphatic heterocycles. The third kappa shape index (κ3) is 4.40. The van der Waals surface area contributed by atoms with Gasteiger partial charge in [0.2, 0.25) is 10.0 Å². The van der Waals surface area contributed by atoms with Gasteiger partial charge < -0.3 is 14.7 Å². The number of carboxylic acid groups (broad SMARTS) is 1. The summed E-state index contributed by atoms with van der Waals surface area (Å²) in [5, 5.41) is 9.14. The molecule has 0 bridgehead atoms. The molecule has 1 saturated carbocycles. The van der Waals surface area contributed by atoms with Crippen LogP contribution < -0.4 is 4.72 Å². The Kier molecular flexibility index (Phi) is 5.31. The Morgan fingerprint density at radius 1 is 1.31 bits per heavy atom. The van der Waals surface area contributed by atoms with Crippen LogP contribution in [0.1, 0.15) is 30.1 Å². The van der Waals surface area contributed by atoms with Crippen LogP contribution >= 0.6 is 0 Å². The zero-order valence-electron chi connectivity index (χ0n) is 14.4. The van der Waals surface area contributed by atoms with Crippen LogP contribution in [-0.4, -0.2) is 62.1 Å². The quantitative estimate of drug-likeness (QED) is 0.748. The number of carboxylic acids is 1. The molecular formula is C17H22N2O6S. The van der Waals surface area contributed by atoms with Crippen LogP contribution in [0, 0.1) is 5.92 Å². The second-order valence-electron chi connectivity index (χ2n) is 6.81. The summed E-state index contributed by atoms with van der Waals surface area (Å²) >= 11 is 0. The largest absolute Gasteiger partial charge is 0.479 e. The zero-order chi connectivity index (χ0) is 18.9. The number of nitrogens with zero attached hydrogens (tertiary/aromatic N) is 1. The predicted octanol–water partition coefficient (Wildman–Crippen LogP) is 0.689. The summed E-state index contributed by atoms with van der Waals surface area (Å²) in [6.45, 7) is 2.27. The van der Waals surface area contributed by atoms with Gasteiger partial charge in [-0.3, -0.25) is 4.79 Å². The number of hydrogen-bond donors (Lipinski definition) is 2. The summed E-state index contributed by atoms with van der Waals surface area (Å²) in [4.78, 5) is 25.3. The van der Waals surface area contributed by atoms with Gasteiger partial charge in [-0.1, -0.05) is 6.07 Å². The fourth-order valence-electron chi connectivity index (χ4n) is 2.87. The van der Waals surface area contributed by atoms with Gasteiger partial charge >= 0.3 is 5.97 Å². The lowest BCUT2D eigenvalue weighted by Gasteiger charge is -2.35. The molecule has 1 aromatic carbocycles. The van der Waals surface area contributed by atoms with Gasteiger partial charge in [0.1, 0.15) is 0 Å². The first-order chi connectivity index (χ1) is 12.3. The van der Waals surface area contributed by atoms with E-state index >= 15 is 0 Å². The van der Waals surface area contributed by atoms with Crippen molar-refractivity contribution in [3.63, 3.8) is 0 Å². The molecular weight excluding hydrogens is 360 g/mol. The number of nitrogens with one attached hydrogen (secondary N) is 1. The van der Waals surface area contributed by atoms with E-state index in [1.54, 1.807) is 6.92 Å². The van der Waals surface area contributed by atoms with Gasteiger partial charge in [-0.15, -0.1) is 0 Å². The molecule has 142 valence electrons.